The van der Waals surface area contributed by atoms with E-state index in [0.29, 0.717) is 36.1 Å². The first kappa shape index (κ1) is 17.9. The second-order valence-corrected chi connectivity index (χ2v) is 6.07. The van der Waals surface area contributed by atoms with Crippen LogP contribution in [0.3, 0.4) is 0 Å². The van der Waals surface area contributed by atoms with Crippen molar-refractivity contribution in [1.29, 1.82) is 0 Å². The lowest BCUT2D eigenvalue weighted by Crippen LogP contribution is -2.47. The summed E-state index contributed by atoms with van der Waals surface area (Å²) in [6, 6.07) is 5.44. The molecule has 1 aliphatic rings. The van der Waals surface area contributed by atoms with Gasteiger partial charge in [-0.05, 0) is 19.2 Å². The lowest BCUT2D eigenvalue weighted by atomic mass is 10.2. The summed E-state index contributed by atoms with van der Waals surface area (Å²) in [4.78, 5) is 25.1. The van der Waals surface area contributed by atoms with E-state index in [2.05, 4.69) is 27.2 Å². The molecule has 1 fully saturated rings. The molecule has 26 heavy (non-hydrogen) atoms. The van der Waals surface area contributed by atoms with E-state index < -0.39 is 0 Å². The van der Waals surface area contributed by atoms with Gasteiger partial charge in [-0.15, -0.1) is 0 Å². The standard InChI is InChI=1S/C18H23N5O3/c1-22-6-8-23(9-7-22)18(24)15-11-20-17(12-19-15)21-14-5-4-13(25-2)10-16(14)26-3/h4-5,10-12H,6-9H2,1-3H3,(H,20,21). The Bertz CT molecular complexity index is 758. The molecule has 1 N–H and O–H groups in total. The van der Waals surface area contributed by atoms with Crippen LogP contribution in [0, 0.1) is 0 Å². The molecule has 0 aliphatic carbocycles. The molecule has 8 heteroatoms. The Morgan fingerprint density at radius 1 is 1.08 bits per heavy atom. The second kappa shape index (κ2) is 8.01. The number of nitrogens with one attached hydrogen (secondary N) is 1. The van der Waals surface area contributed by atoms with Crippen molar-refractivity contribution in [2.45, 2.75) is 0 Å². The molecule has 1 aromatic heterocycles. The van der Waals surface area contributed by atoms with Crippen LogP contribution in [-0.2, 0) is 0 Å². The first-order valence-corrected chi connectivity index (χ1v) is 8.39. The number of ether oxygens (including phenoxy) is 2. The molecule has 0 radical (unpaired) electrons. The number of hydrogen-bond acceptors (Lipinski definition) is 7. The lowest BCUT2D eigenvalue weighted by Gasteiger charge is -2.32. The van der Waals surface area contributed by atoms with Crippen molar-refractivity contribution in [3.8, 4) is 11.5 Å². The van der Waals surface area contributed by atoms with Crippen LogP contribution >= 0.6 is 0 Å². The van der Waals surface area contributed by atoms with Gasteiger partial charge in [0, 0.05) is 32.2 Å². The number of hydrogen-bond donors (Lipinski definition) is 1. The third kappa shape index (κ3) is 4.02. The van der Waals surface area contributed by atoms with Crippen molar-refractivity contribution in [2.24, 2.45) is 0 Å². The van der Waals surface area contributed by atoms with E-state index in [1.54, 1.807) is 26.5 Å². The molecule has 1 amide bonds. The molecule has 1 saturated heterocycles. The molecule has 2 heterocycles. The Hall–Kier alpha value is -2.87. The molecular formula is C18H23N5O3. The number of carbonyl (C=O) groups excluding carboxylic acids is 1. The highest BCUT2D eigenvalue weighted by atomic mass is 16.5. The highest BCUT2D eigenvalue weighted by molar-refractivity contribution is 5.92. The molecular weight excluding hydrogens is 334 g/mol. The fourth-order valence-corrected chi connectivity index (χ4v) is 2.71. The topological polar surface area (TPSA) is 79.8 Å². The molecule has 0 saturated carbocycles. The number of piperazine rings is 1. The molecule has 0 bridgehead atoms. The molecule has 8 nitrogen and oxygen atoms in total. The van der Waals surface area contributed by atoms with E-state index in [0.717, 1.165) is 18.8 Å². The van der Waals surface area contributed by atoms with Crippen LogP contribution in [0.2, 0.25) is 0 Å². The Balaban J connectivity index is 1.69. The summed E-state index contributed by atoms with van der Waals surface area (Å²) in [7, 11) is 5.24. The largest absolute Gasteiger partial charge is 0.497 e. The first-order valence-electron chi connectivity index (χ1n) is 8.39. The van der Waals surface area contributed by atoms with Gasteiger partial charge >= 0.3 is 0 Å². The normalized spacial score (nSPS) is 14.8. The number of likely N-dealkylation sites (N-methyl/N-ethyl adjacent to an activating group) is 1. The number of nitrogens with zero attached hydrogens (tertiary/aromatic N) is 4. The third-order valence-electron chi connectivity index (χ3n) is 4.33. The molecule has 3 rings (SSSR count). The van der Waals surface area contributed by atoms with Gasteiger partial charge in [-0.25, -0.2) is 9.97 Å². The molecule has 138 valence electrons. The number of anilines is 2. The molecule has 0 atom stereocenters. The van der Waals surface area contributed by atoms with Crippen LogP contribution in [0.4, 0.5) is 11.5 Å². The van der Waals surface area contributed by atoms with Gasteiger partial charge in [-0.1, -0.05) is 0 Å². The summed E-state index contributed by atoms with van der Waals surface area (Å²) in [5.74, 6) is 1.78. The van der Waals surface area contributed by atoms with Crippen LogP contribution in [0.1, 0.15) is 10.5 Å². The van der Waals surface area contributed by atoms with Gasteiger partial charge in [-0.2, -0.15) is 0 Å². The fraction of sp³-hybridized carbons (Fsp3) is 0.389. The van der Waals surface area contributed by atoms with Crippen LogP contribution in [0.25, 0.3) is 0 Å². The van der Waals surface area contributed by atoms with Crippen molar-refractivity contribution in [3.05, 3.63) is 36.3 Å². The summed E-state index contributed by atoms with van der Waals surface area (Å²) in [5, 5.41) is 3.14. The Morgan fingerprint density at radius 2 is 1.85 bits per heavy atom. The zero-order valence-corrected chi connectivity index (χ0v) is 15.2. The van der Waals surface area contributed by atoms with E-state index in [1.807, 2.05) is 17.0 Å². The summed E-state index contributed by atoms with van der Waals surface area (Å²) in [5.41, 5.74) is 1.09. The van der Waals surface area contributed by atoms with Gasteiger partial charge in [0.2, 0.25) is 0 Å². The predicted molar refractivity (Wildman–Crippen MR) is 98.3 cm³/mol. The molecule has 0 spiro atoms. The van der Waals surface area contributed by atoms with Gasteiger partial charge in [0.05, 0.1) is 32.3 Å². The molecule has 1 aliphatic heterocycles. The van der Waals surface area contributed by atoms with E-state index in [4.69, 9.17) is 9.47 Å². The minimum absolute atomic E-state index is 0.0841. The average Bonchev–Trinajstić information content (AvgIpc) is 2.69. The van der Waals surface area contributed by atoms with Gasteiger partial charge in [0.25, 0.3) is 5.91 Å². The summed E-state index contributed by atoms with van der Waals surface area (Å²) in [6.07, 6.45) is 3.05. The second-order valence-electron chi connectivity index (χ2n) is 6.07. The van der Waals surface area contributed by atoms with Crippen LogP contribution in [-0.4, -0.2) is 73.1 Å². The molecule has 1 aromatic carbocycles. The maximum atomic E-state index is 12.5. The van der Waals surface area contributed by atoms with Crippen LogP contribution < -0.4 is 14.8 Å². The molecule has 0 unspecified atom stereocenters. The summed E-state index contributed by atoms with van der Waals surface area (Å²) >= 11 is 0. The number of carbonyl (C=O) groups is 1. The van der Waals surface area contributed by atoms with Gasteiger partial charge < -0.3 is 24.6 Å². The van der Waals surface area contributed by atoms with Crippen LogP contribution in [0.5, 0.6) is 11.5 Å². The van der Waals surface area contributed by atoms with Crippen molar-refractivity contribution >= 4 is 17.4 Å². The van der Waals surface area contributed by atoms with E-state index >= 15 is 0 Å². The van der Waals surface area contributed by atoms with Crippen molar-refractivity contribution in [1.82, 2.24) is 19.8 Å². The maximum Gasteiger partial charge on any atom is 0.274 e. The minimum atomic E-state index is -0.0841. The minimum Gasteiger partial charge on any atom is -0.497 e. The van der Waals surface area contributed by atoms with Crippen molar-refractivity contribution < 1.29 is 14.3 Å². The number of aromatic nitrogens is 2. The number of rotatable bonds is 5. The zero-order valence-electron chi connectivity index (χ0n) is 15.2. The van der Waals surface area contributed by atoms with Crippen LogP contribution in [0.15, 0.2) is 30.6 Å². The van der Waals surface area contributed by atoms with E-state index in [1.165, 1.54) is 6.20 Å². The SMILES string of the molecule is COc1ccc(Nc2cnc(C(=O)N3CCN(C)CC3)cn2)c(OC)c1. The summed E-state index contributed by atoms with van der Waals surface area (Å²) in [6.45, 7) is 3.16. The Morgan fingerprint density at radius 3 is 2.46 bits per heavy atom. The maximum absolute atomic E-state index is 12.5. The Labute approximate surface area is 152 Å². The van der Waals surface area contributed by atoms with Crippen molar-refractivity contribution in [3.63, 3.8) is 0 Å². The fourth-order valence-electron chi connectivity index (χ4n) is 2.71. The Kier molecular flexibility index (Phi) is 5.52. The number of methoxy groups -OCH3 is 2. The van der Waals surface area contributed by atoms with Gasteiger partial charge in [-0.3, -0.25) is 4.79 Å². The van der Waals surface area contributed by atoms with Gasteiger partial charge in [0.1, 0.15) is 23.0 Å². The van der Waals surface area contributed by atoms with Crippen molar-refractivity contribution in [2.75, 3.05) is 52.8 Å². The predicted octanol–water partition coefficient (Wildman–Crippen LogP) is 1.62. The summed E-state index contributed by atoms with van der Waals surface area (Å²) < 4.78 is 10.5. The van der Waals surface area contributed by atoms with E-state index in [-0.39, 0.29) is 5.91 Å². The van der Waals surface area contributed by atoms with Gasteiger partial charge in [0.15, 0.2) is 0 Å². The lowest BCUT2D eigenvalue weighted by molar-refractivity contribution is 0.0658. The monoisotopic (exact) mass is 357 g/mol. The zero-order chi connectivity index (χ0) is 18.5. The molecule has 2 aromatic rings. The third-order valence-corrected chi connectivity index (χ3v) is 4.33. The number of amides is 1. The van der Waals surface area contributed by atoms with E-state index in [9.17, 15) is 4.79 Å². The highest BCUT2D eigenvalue weighted by Gasteiger charge is 2.21. The quantitative estimate of drug-likeness (QED) is 0.871. The smallest absolute Gasteiger partial charge is 0.274 e. The number of benzene rings is 1. The average molecular weight is 357 g/mol. The highest BCUT2D eigenvalue weighted by Crippen LogP contribution is 2.30. The first-order chi connectivity index (χ1) is 12.6.